The quantitative estimate of drug-likeness (QED) is 0.679. The Hall–Kier alpha value is -1.96. The van der Waals surface area contributed by atoms with E-state index in [9.17, 15) is 4.79 Å². The molecule has 110 valence electrons. The van der Waals surface area contributed by atoms with Gasteiger partial charge in [-0.2, -0.15) is 5.10 Å². The Balaban J connectivity index is 2.27. The monoisotopic (exact) mass is 277 g/mol. The zero-order valence-electron chi connectivity index (χ0n) is 12.7. The molecule has 0 fully saturated rings. The summed E-state index contributed by atoms with van der Waals surface area (Å²) in [7, 11) is 0. The van der Waals surface area contributed by atoms with Crippen molar-refractivity contribution in [2.75, 3.05) is 6.54 Å². The first-order valence-electron chi connectivity index (χ1n) is 6.89. The van der Waals surface area contributed by atoms with Gasteiger partial charge < -0.3 is 10.1 Å². The fourth-order valence-corrected chi connectivity index (χ4v) is 1.49. The molecule has 0 saturated carbocycles. The van der Waals surface area contributed by atoms with Crippen molar-refractivity contribution in [1.82, 2.24) is 15.1 Å². The lowest BCUT2D eigenvalue weighted by molar-refractivity contribution is 0.0529. The van der Waals surface area contributed by atoms with Crippen LogP contribution in [-0.2, 0) is 11.3 Å². The van der Waals surface area contributed by atoms with E-state index in [1.807, 2.05) is 31.6 Å². The number of aryl methyl sites for hydroxylation is 1. The maximum absolute atomic E-state index is 11.4. The number of aromatic nitrogens is 2. The third kappa shape index (κ3) is 6.83. The minimum atomic E-state index is -0.469. The summed E-state index contributed by atoms with van der Waals surface area (Å²) in [6.45, 7) is 8.99. The van der Waals surface area contributed by atoms with Crippen LogP contribution in [0.15, 0.2) is 12.4 Å². The molecule has 0 spiro atoms. The molecule has 0 aliphatic carbocycles. The lowest BCUT2D eigenvalue weighted by atomic mass is 10.2. The molecule has 0 aliphatic rings. The van der Waals surface area contributed by atoms with Crippen LogP contribution < -0.4 is 5.32 Å². The first kappa shape index (κ1) is 16.1. The third-order valence-corrected chi connectivity index (χ3v) is 2.24. The van der Waals surface area contributed by atoms with Crippen LogP contribution in [0, 0.1) is 11.8 Å². The van der Waals surface area contributed by atoms with E-state index in [1.165, 1.54) is 0 Å². The maximum atomic E-state index is 11.4. The summed E-state index contributed by atoms with van der Waals surface area (Å²) in [6, 6.07) is 0. The van der Waals surface area contributed by atoms with Crippen LogP contribution in [0.1, 0.15) is 46.1 Å². The maximum Gasteiger partial charge on any atom is 0.407 e. The van der Waals surface area contributed by atoms with Crippen LogP contribution >= 0.6 is 0 Å². The summed E-state index contributed by atoms with van der Waals surface area (Å²) in [5.74, 6) is 6.02. The van der Waals surface area contributed by atoms with E-state index in [-0.39, 0.29) is 0 Å². The highest BCUT2D eigenvalue weighted by Crippen LogP contribution is 2.06. The number of carbonyl (C=O) groups is 1. The zero-order valence-corrected chi connectivity index (χ0v) is 12.7. The Morgan fingerprint density at radius 2 is 2.25 bits per heavy atom. The number of ether oxygens (including phenoxy) is 1. The largest absolute Gasteiger partial charge is 0.444 e. The fourth-order valence-electron chi connectivity index (χ4n) is 1.49. The van der Waals surface area contributed by atoms with Gasteiger partial charge in [0.2, 0.25) is 0 Å². The second kappa shape index (κ2) is 7.59. The molecule has 0 atom stereocenters. The molecule has 1 rings (SSSR count). The minimum Gasteiger partial charge on any atom is -0.444 e. The number of hydrogen-bond donors (Lipinski definition) is 1. The van der Waals surface area contributed by atoms with E-state index in [4.69, 9.17) is 4.74 Å². The van der Waals surface area contributed by atoms with Gasteiger partial charge in [-0.15, -0.1) is 0 Å². The topological polar surface area (TPSA) is 56.2 Å². The van der Waals surface area contributed by atoms with Crippen LogP contribution in [0.25, 0.3) is 0 Å². The molecular weight excluding hydrogens is 254 g/mol. The number of alkyl carbamates (subject to hydrolysis) is 1. The molecule has 1 aromatic heterocycles. The highest BCUT2D eigenvalue weighted by molar-refractivity contribution is 5.67. The summed E-state index contributed by atoms with van der Waals surface area (Å²) in [5.41, 5.74) is 0.430. The number of amides is 1. The van der Waals surface area contributed by atoms with Gasteiger partial charge in [0.25, 0.3) is 0 Å². The normalized spacial score (nSPS) is 10.6. The van der Waals surface area contributed by atoms with E-state index in [2.05, 4.69) is 29.2 Å². The van der Waals surface area contributed by atoms with Gasteiger partial charge in [0.15, 0.2) is 0 Å². The molecule has 0 unspecified atom stereocenters. The predicted octanol–water partition coefficient (Wildman–Crippen LogP) is 2.56. The van der Waals surface area contributed by atoms with Gasteiger partial charge in [-0.25, -0.2) is 4.79 Å². The molecule has 5 nitrogen and oxygen atoms in total. The van der Waals surface area contributed by atoms with Gasteiger partial charge in [-0.05, 0) is 27.2 Å². The Labute approximate surface area is 120 Å². The van der Waals surface area contributed by atoms with E-state index < -0.39 is 11.7 Å². The van der Waals surface area contributed by atoms with Crippen LogP contribution in [0.5, 0.6) is 0 Å². The van der Waals surface area contributed by atoms with Crippen LogP contribution in [0.2, 0.25) is 0 Å². The van der Waals surface area contributed by atoms with Crippen LogP contribution in [0.4, 0.5) is 4.79 Å². The number of carbonyl (C=O) groups excluding carboxylic acids is 1. The average Bonchev–Trinajstić information content (AvgIpc) is 2.74. The number of nitrogens with one attached hydrogen (secondary N) is 1. The summed E-state index contributed by atoms with van der Waals surface area (Å²) < 4.78 is 7.00. The van der Waals surface area contributed by atoms with E-state index in [1.54, 1.807) is 6.20 Å². The molecule has 1 N–H and O–H groups in total. The smallest absolute Gasteiger partial charge is 0.407 e. The lowest BCUT2D eigenvalue weighted by Gasteiger charge is -2.19. The van der Waals surface area contributed by atoms with Crippen LogP contribution in [-0.4, -0.2) is 28.0 Å². The molecule has 0 aliphatic heterocycles. The molecule has 1 heterocycles. The van der Waals surface area contributed by atoms with Gasteiger partial charge in [0, 0.05) is 25.7 Å². The average molecular weight is 277 g/mol. The van der Waals surface area contributed by atoms with E-state index in [0.717, 1.165) is 18.5 Å². The zero-order chi connectivity index (χ0) is 15.0. The molecule has 0 saturated heterocycles. The first-order chi connectivity index (χ1) is 9.40. The highest BCUT2D eigenvalue weighted by atomic mass is 16.6. The standard InChI is InChI=1S/C15H23N3O2/c1-5-10-18-12-13(11-17-18)8-6-7-9-16-14(19)20-15(2,3)4/h11-12H,5,7,9-10H2,1-4H3,(H,16,19). The first-order valence-corrected chi connectivity index (χ1v) is 6.89. The van der Waals surface area contributed by atoms with Gasteiger partial charge >= 0.3 is 6.09 Å². The van der Waals surface area contributed by atoms with Crippen LogP contribution in [0.3, 0.4) is 0 Å². The lowest BCUT2D eigenvalue weighted by Crippen LogP contribution is -2.32. The van der Waals surface area contributed by atoms with Crippen molar-refractivity contribution in [3.63, 3.8) is 0 Å². The van der Waals surface area contributed by atoms with Gasteiger partial charge in [0.05, 0.1) is 11.8 Å². The van der Waals surface area contributed by atoms with E-state index >= 15 is 0 Å². The van der Waals surface area contributed by atoms with Crippen molar-refractivity contribution >= 4 is 6.09 Å². The van der Waals surface area contributed by atoms with Crippen molar-refractivity contribution in [2.45, 2.75) is 52.7 Å². The Morgan fingerprint density at radius 3 is 2.90 bits per heavy atom. The van der Waals surface area contributed by atoms with E-state index in [0.29, 0.717) is 13.0 Å². The summed E-state index contributed by atoms with van der Waals surface area (Å²) >= 11 is 0. The SMILES string of the molecule is CCCn1cc(C#CCCNC(=O)OC(C)(C)C)cn1. The summed E-state index contributed by atoms with van der Waals surface area (Å²) in [4.78, 5) is 11.4. The molecule has 0 bridgehead atoms. The van der Waals surface area contributed by atoms with Gasteiger partial charge in [-0.1, -0.05) is 18.8 Å². The third-order valence-electron chi connectivity index (χ3n) is 2.24. The molecule has 5 heteroatoms. The molecule has 20 heavy (non-hydrogen) atoms. The Kier molecular flexibility index (Phi) is 6.10. The number of hydrogen-bond acceptors (Lipinski definition) is 3. The Morgan fingerprint density at radius 1 is 1.50 bits per heavy atom. The summed E-state index contributed by atoms with van der Waals surface area (Å²) in [5, 5.41) is 6.86. The molecular formula is C15H23N3O2. The molecule has 1 aromatic rings. The van der Waals surface area contributed by atoms with Crippen molar-refractivity contribution < 1.29 is 9.53 Å². The fraction of sp³-hybridized carbons (Fsp3) is 0.600. The predicted molar refractivity (Wildman–Crippen MR) is 78.2 cm³/mol. The molecule has 0 aromatic carbocycles. The van der Waals surface area contributed by atoms with Crippen molar-refractivity contribution in [2.24, 2.45) is 0 Å². The molecule has 1 amide bonds. The van der Waals surface area contributed by atoms with Gasteiger partial charge in [-0.3, -0.25) is 4.68 Å². The highest BCUT2D eigenvalue weighted by Gasteiger charge is 2.15. The summed E-state index contributed by atoms with van der Waals surface area (Å²) in [6.07, 6.45) is 4.91. The Bertz CT molecular complexity index is 489. The van der Waals surface area contributed by atoms with Crippen molar-refractivity contribution in [3.05, 3.63) is 18.0 Å². The van der Waals surface area contributed by atoms with Gasteiger partial charge in [0.1, 0.15) is 5.60 Å². The number of nitrogens with zero attached hydrogens (tertiary/aromatic N) is 2. The molecule has 0 radical (unpaired) electrons. The number of rotatable bonds is 4. The van der Waals surface area contributed by atoms with Crippen molar-refractivity contribution in [1.29, 1.82) is 0 Å². The minimum absolute atomic E-state index is 0.407. The second-order valence-corrected chi connectivity index (χ2v) is 5.47. The van der Waals surface area contributed by atoms with Crippen molar-refractivity contribution in [3.8, 4) is 11.8 Å². The second-order valence-electron chi connectivity index (χ2n) is 5.47.